The number of carbonyl (C=O) groups excluding carboxylic acids is 1. The fourth-order valence-electron chi connectivity index (χ4n) is 2.76. The minimum Gasteiger partial charge on any atom is -0.332 e. The summed E-state index contributed by atoms with van der Waals surface area (Å²) in [6, 6.07) is 12.6. The van der Waals surface area contributed by atoms with E-state index in [0.717, 1.165) is 17.7 Å². The van der Waals surface area contributed by atoms with Gasteiger partial charge < -0.3 is 10.3 Å². The van der Waals surface area contributed by atoms with E-state index in [-0.39, 0.29) is 11.5 Å². The topological polar surface area (TPSA) is 66.9 Å². The predicted molar refractivity (Wildman–Crippen MR) is 107 cm³/mol. The van der Waals surface area contributed by atoms with Crippen LogP contribution in [-0.4, -0.2) is 15.5 Å². The zero-order chi connectivity index (χ0) is 18.7. The molecule has 1 aromatic heterocycles. The van der Waals surface area contributed by atoms with Gasteiger partial charge in [-0.2, -0.15) is 0 Å². The number of aromatic nitrogens is 2. The molecule has 0 saturated heterocycles. The van der Waals surface area contributed by atoms with Crippen molar-refractivity contribution in [3.05, 3.63) is 81.4 Å². The van der Waals surface area contributed by atoms with Gasteiger partial charge in [0.1, 0.15) is 0 Å². The monoisotopic (exact) mass is 365 g/mol. The van der Waals surface area contributed by atoms with Crippen molar-refractivity contribution in [2.24, 2.45) is 0 Å². The lowest BCUT2D eigenvalue weighted by Crippen LogP contribution is -2.22. The standard InChI is InChI=1S/C20H19N3O2S/c1-3-10-23-19(25)16-9-8-14(12-17(16)22-20(23)26)18(24)21-15-7-5-6-13(4-2)11-15/h3,5-9,11-12H,1,4,10H2,2H3,(H,21,24)(H,22,26). The number of amides is 1. The number of hydrogen-bond donors (Lipinski definition) is 2. The molecule has 2 N–H and O–H groups in total. The van der Waals surface area contributed by atoms with Crippen molar-refractivity contribution in [1.29, 1.82) is 0 Å². The van der Waals surface area contributed by atoms with E-state index in [1.165, 1.54) is 4.57 Å². The summed E-state index contributed by atoms with van der Waals surface area (Å²) in [4.78, 5) is 28.1. The average Bonchev–Trinajstić information content (AvgIpc) is 2.64. The third-order valence-corrected chi connectivity index (χ3v) is 4.47. The number of carbonyl (C=O) groups is 1. The number of benzene rings is 2. The Morgan fingerprint density at radius 2 is 2.12 bits per heavy atom. The first kappa shape index (κ1) is 17.8. The Morgan fingerprint density at radius 3 is 2.85 bits per heavy atom. The van der Waals surface area contributed by atoms with Gasteiger partial charge in [-0.05, 0) is 54.5 Å². The van der Waals surface area contributed by atoms with E-state index in [2.05, 4.69) is 23.8 Å². The van der Waals surface area contributed by atoms with Crippen LogP contribution in [0.1, 0.15) is 22.8 Å². The largest absolute Gasteiger partial charge is 0.332 e. The molecular weight excluding hydrogens is 346 g/mol. The van der Waals surface area contributed by atoms with Gasteiger partial charge >= 0.3 is 0 Å². The van der Waals surface area contributed by atoms with E-state index in [0.29, 0.717) is 27.8 Å². The van der Waals surface area contributed by atoms with E-state index >= 15 is 0 Å². The molecule has 1 heterocycles. The molecule has 0 aliphatic carbocycles. The van der Waals surface area contributed by atoms with Crippen LogP contribution >= 0.6 is 12.2 Å². The van der Waals surface area contributed by atoms with Crippen LogP contribution in [0, 0.1) is 4.77 Å². The Hall–Kier alpha value is -2.99. The van der Waals surface area contributed by atoms with Crippen LogP contribution in [0.4, 0.5) is 5.69 Å². The summed E-state index contributed by atoms with van der Waals surface area (Å²) in [6.07, 6.45) is 2.51. The molecule has 0 radical (unpaired) electrons. The number of anilines is 1. The molecule has 0 saturated carbocycles. The van der Waals surface area contributed by atoms with Crippen LogP contribution in [-0.2, 0) is 13.0 Å². The Kier molecular flexibility index (Phi) is 5.14. The molecular formula is C20H19N3O2S. The maximum absolute atomic E-state index is 12.5. The van der Waals surface area contributed by atoms with Crippen molar-refractivity contribution in [2.75, 3.05) is 5.32 Å². The summed E-state index contributed by atoms with van der Waals surface area (Å²) in [7, 11) is 0. The number of nitrogens with zero attached hydrogens (tertiary/aromatic N) is 1. The fraction of sp³-hybridized carbons (Fsp3) is 0.150. The number of nitrogens with one attached hydrogen (secondary N) is 2. The number of allylic oxidation sites excluding steroid dienone is 1. The minimum atomic E-state index is -0.241. The van der Waals surface area contributed by atoms with Crippen molar-refractivity contribution in [2.45, 2.75) is 19.9 Å². The summed E-state index contributed by atoms with van der Waals surface area (Å²) >= 11 is 5.23. The lowest BCUT2D eigenvalue weighted by Gasteiger charge is -2.09. The minimum absolute atomic E-state index is 0.203. The zero-order valence-electron chi connectivity index (χ0n) is 14.4. The highest BCUT2D eigenvalue weighted by Gasteiger charge is 2.10. The van der Waals surface area contributed by atoms with Gasteiger partial charge in [-0.1, -0.05) is 25.1 Å². The molecule has 0 spiro atoms. The second-order valence-electron chi connectivity index (χ2n) is 5.90. The predicted octanol–water partition coefficient (Wildman–Crippen LogP) is 4.06. The molecule has 0 aliphatic rings. The van der Waals surface area contributed by atoms with Gasteiger partial charge in [-0.25, -0.2) is 0 Å². The SMILES string of the molecule is C=CCn1c(=S)[nH]c2cc(C(=O)Nc3cccc(CC)c3)ccc2c1=O. The summed E-state index contributed by atoms with van der Waals surface area (Å²) in [5, 5.41) is 3.36. The molecule has 0 bridgehead atoms. The molecule has 3 rings (SSSR count). The first-order valence-corrected chi connectivity index (χ1v) is 8.72. The van der Waals surface area contributed by atoms with Crippen molar-refractivity contribution >= 4 is 34.7 Å². The molecule has 0 aliphatic heterocycles. The van der Waals surface area contributed by atoms with Gasteiger partial charge in [-0.15, -0.1) is 6.58 Å². The second kappa shape index (κ2) is 7.49. The van der Waals surface area contributed by atoms with Gasteiger partial charge in [0, 0.05) is 17.8 Å². The Bertz CT molecular complexity index is 1110. The van der Waals surface area contributed by atoms with Gasteiger partial charge in [0.15, 0.2) is 4.77 Å². The summed E-state index contributed by atoms with van der Waals surface area (Å²) in [5.74, 6) is -0.241. The second-order valence-corrected chi connectivity index (χ2v) is 6.29. The smallest absolute Gasteiger partial charge is 0.262 e. The van der Waals surface area contributed by atoms with E-state index < -0.39 is 0 Å². The first-order valence-electron chi connectivity index (χ1n) is 8.31. The Labute approximate surface area is 156 Å². The lowest BCUT2D eigenvalue weighted by atomic mass is 10.1. The number of hydrogen-bond acceptors (Lipinski definition) is 3. The Morgan fingerprint density at radius 1 is 1.31 bits per heavy atom. The molecule has 3 aromatic rings. The number of aromatic amines is 1. The van der Waals surface area contributed by atoms with Crippen LogP contribution in [0.15, 0.2) is 59.9 Å². The van der Waals surface area contributed by atoms with Gasteiger partial charge in [-0.3, -0.25) is 14.2 Å². The number of aryl methyl sites for hydroxylation is 1. The molecule has 26 heavy (non-hydrogen) atoms. The van der Waals surface area contributed by atoms with E-state index in [1.807, 2.05) is 24.3 Å². The highest BCUT2D eigenvalue weighted by Crippen LogP contribution is 2.15. The molecule has 0 unspecified atom stereocenters. The van der Waals surface area contributed by atoms with Crippen LogP contribution < -0.4 is 10.9 Å². The molecule has 1 amide bonds. The Balaban J connectivity index is 1.97. The highest BCUT2D eigenvalue weighted by atomic mass is 32.1. The van der Waals surface area contributed by atoms with E-state index in [4.69, 9.17) is 12.2 Å². The molecule has 2 aromatic carbocycles. The van der Waals surface area contributed by atoms with Crippen LogP contribution in [0.3, 0.4) is 0 Å². The normalized spacial score (nSPS) is 10.7. The number of H-pyrrole nitrogens is 1. The maximum Gasteiger partial charge on any atom is 0.262 e. The van der Waals surface area contributed by atoms with Crippen molar-refractivity contribution in [3.8, 4) is 0 Å². The van der Waals surface area contributed by atoms with Crippen molar-refractivity contribution in [3.63, 3.8) is 0 Å². The van der Waals surface area contributed by atoms with Crippen molar-refractivity contribution < 1.29 is 4.79 Å². The first-order chi connectivity index (χ1) is 12.5. The van der Waals surface area contributed by atoms with Crippen LogP contribution in [0.5, 0.6) is 0 Å². The third kappa shape index (κ3) is 3.50. The summed E-state index contributed by atoms with van der Waals surface area (Å²) in [5.41, 5.74) is 2.67. The van der Waals surface area contributed by atoms with Gasteiger partial charge in [0.25, 0.3) is 11.5 Å². The zero-order valence-corrected chi connectivity index (χ0v) is 15.2. The van der Waals surface area contributed by atoms with E-state index in [1.54, 1.807) is 24.3 Å². The molecule has 6 heteroatoms. The maximum atomic E-state index is 12.5. The quantitative estimate of drug-likeness (QED) is 0.529. The lowest BCUT2D eigenvalue weighted by molar-refractivity contribution is 0.102. The van der Waals surface area contributed by atoms with Gasteiger partial charge in [0.05, 0.1) is 10.9 Å². The molecule has 0 fully saturated rings. The summed E-state index contributed by atoms with van der Waals surface area (Å²) in [6.45, 7) is 6.03. The summed E-state index contributed by atoms with van der Waals surface area (Å²) < 4.78 is 1.73. The van der Waals surface area contributed by atoms with Gasteiger partial charge in [0.2, 0.25) is 0 Å². The molecule has 132 valence electrons. The van der Waals surface area contributed by atoms with Crippen LogP contribution in [0.2, 0.25) is 0 Å². The average molecular weight is 365 g/mol. The fourth-order valence-corrected chi connectivity index (χ4v) is 3.03. The van der Waals surface area contributed by atoms with Crippen LogP contribution in [0.25, 0.3) is 10.9 Å². The number of rotatable bonds is 5. The third-order valence-electron chi connectivity index (χ3n) is 4.15. The number of fused-ring (bicyclic) bond motifs is 1. The molecule has 5 nitrogen and oxygen atoms in total. The highest BCUT2D eigenvalue weighted by molar-refractivity contribution is 7.71. The van der Waals surface area contributed by atoms with E-state index in [9.17, 15) is 9.59 Å². The van der Waals surface area contributed by atoms with Crippen molar-refractivity contribution in [1.82, 2.24) is 9.55 Å². The molecule has 0 atom stereocenters.